The maximum atomic E-state index is 9.14. The third-order valence-electron chi connectivity index (χ3n) is 1.87. The van der Waals surface area contributed by atoms with E-state index in [0.29, 0.717) is 5.75 Å². The fourth-order valence-corrected chi connectivity index (χ4v) is 1.26. The van der Waals surface area contributed by atoms with Crippen molar-refractivity contribution in [3.05, 3.63) is 29.3 Å². The number of phenolic OH excluding ortho intramolecular Hbond substituents is 1. The molecular weight excluding hydrogens is 150 g/mol. The van der Waals surface area contributed by atoms with Crippen LogP contribution in [0.25, 0.3) is 0 Å². The first-order chi connectivity index (χ1) is 5.59. The van der Waals surface area contributed by atoms with Gasteiger partial charge >= 0.3 is 0 Å². The molecule has 0 saturated carbocycles. The quantitative estimate of drug-likeness (QED) is 0.699. The molecule has 1 aromatic rings. The highest BCUT2D eigenvalue weighted by Gasteiger charge is 2.01. The molecule has 0 aliphatic carbocycles. The molecule has 0 bridgehead atoms. The largest absolute Gasteiger partial charge is 0.508 e. The molecule has 0 saturated heterocycles. The topological polar surface area (TPSA) is 46.2 Å². The summed E-state index contributed by atoms with van der Waals surface area (Å²) in [5.41, 5.74) is 7.98. The summed E-state index contributed by atoms with van der Waals surface area (Å²) in [5, 5.41) is 9.14. The second-order valence-corrected chi connectivity index (χ2v) is 3.29. The number of aromatic hydroxyl groups is 1. The van der Waals surface area contributed by atoms with Crippen molar-refractivity contribution in [2.75, 3.05) is 0 Å². The lowest BCUT2D eigenvalue weighted by atomic mass is 10.0. The van der Waals surface area contributed by atoms with Gasteiger partial charge in [-0.1, -0.05) is 6.07 Å². The summed E-state index contributed by atoms with van der Waals surface area (Å²) in [6.07, 6.45) is 0.867. The molecule has 0 amide bonds. The van der Waals surface area contributed by atoms with Gasteiger partial charge in [-0.15, -0.1) is 0 Å². The van der Waals surface area contributed by atoms with E-state index in [1.165, 1.54) is 5.56 Å². The van der Waals surface area contributed by atoms with Crippen LogP contribution in [-0.4, -0.2) is 11.1 Å². The van der Waals surface area contributed by atoms with E-state index in [9.17, 15) is 0 Å². The van der Waals surface area contributed by atoms with Crippen LogP contribution in [0.2, 0.25) is 0 Å². The summed E-state index contributed by atoms with van der Waals surface area (Å²) < 4.78 is 0. The summed E-state index contributed by atoms with van der Waals surface area (Å²) in [6.45, 7) is 3.96. The minimum Gasteiger partial charge on any atom is -0.508 e. The van der Waals surface area contributed by atoms with Gasteiger partial charge in [-0.25, -0.2) is 0 Å². The molecule has 0 aliphatic rings. The number of benzene rings is 1. The molecule has 66 valence electrons. The highest BCUT2D eigenvalue weighted by molar-refractivity contribution is 5.34. The van der Waals surface area contributed by atoms with Crippen LogP contribution >= 0.6 is 0 Å². The zero-order chi connectivity index (χ0) is 9.14. The molecule has 0 fully saturated rings. The third kappa shape index (κ3) is 2.24. The number of hydrogen-bond donors (Lipinski definition) is 2. The minimum absolute atomic E-state index is 0.174. The molecule has 1 rings (SSSR count). The van der Waals surface area contributed by atoms with E-state index in [1.807, 2.05) is 19.9 Å². The average Bonchev–Trinajstić information content (AvgIpc) is 1.94. The van der Waals surface area contributed by atoms with Crippen molar-refractivity contribution in [2.45, 2.75) is 26.3 Å². The Morgan fingerprint density at radius 3 is 2.67 bits per heavy atom. The van der Waals surface area contributed by atoms with Gasteiger partial charge in [-0.05, 0) is 43.5 Å². The molecule has 2 heteroatoms. The van der Waals surface area contributed by atoms with Crippen molar-refractivity contribution in [3.8, 4) is 5.75 Å². The predicted octanol–water partition coefficient (Wildman–Crippen LogP) is 1.59. The molecule has 2 nitrogen and oxygen atoms in total. The maximum Gasteiger partial charge on any atom is 0.115 e. The van der Waals surface area contributed by atoms with Crippen LogP contribution in [0.5, 0.6) is 5.75 Å². The number of nitrogens with two attached hydrogens (primary N) is 1. The number of rotatable bonds is 2. The van der Waals surface area contributed by atoms with Gasteiger partial charge in [-0.3, -0.25) is 0 Å². The summed E-state index contributed by atoms with van der Waals surface area (Å²) >= 11 is 0. The first-order valence-corrected chi connectivity index (χ1v) is 4.13. The van der Waals surface area contributed by atoms with E-state index in [4.69, 9.17) is 10.8 Å². The molecule has 0 heterocycles. The molecule has 0 radical (unpaired) electrons. The van der Waals surface area contributed by atoms with E-state index in [1.54, 1.807) is 12.1 Å². The van der Waals surface area contributed by atoms with Gasteiger partial charge in [0.2, 0.25) is 0 Å². The van der Waals surface area contributed by atoms with Crippen molar-refractivity contribution in [1.82, 2.24) is 0 Å². The van der Waals surface area contributed by atoms with E-state index in [0.717, 1.165) is 12.0 Å². The van der Waals surface area contributed by atoms with Gasteiger partial charge in [0.05, 0.1) is 0 Å². The van der Waals surface area contributed by atoms with Gasteiger partial charge < -0.3 is 10.8 Å². The second-order valence-electron chi connectivity index (χ2n) is 3.29. The molecule has 1 aromatic carbocycles. The molecule has 12 heavy (non-hydrogen) atoms. The smallest absolute Gasteiger partial charge is 0.115 e. The normalized spacial score (nSPS) is 12.9. The summed E-state index contributed by atoms with van der Waals surface area (Å²) in [4.78, 5) is 0. The number of hydrogen-bond acceptors (Lipinski definition) is 2. The fourth-order valence-electron chi connectivity index (χ4n) is 1.26. The molecule has 0 aliphatic heterocycles. The van der Waals surface area contributed by atoms with E-state index >= 15 is 0 Å². The van der Waals surface area contributed by atoms with Crippen LogP contribution in [0.1, 0.15) is 18.1 Å². The average molecular weight is 165 g/mol. The Hall–Kier alpha value is -1.02. The molecule has 1 atom stereocenters. The van der Waals surface area contributed by atoms with Gasteiger partial charge in [-0.2, -0.15) is 0 Å². The minimum atomic E-state index is 0.174. The predicted molar refractivity (Wildman–Crippen MR) is 50.2 cm³/mol. The van der Waals surface area contributed by atoms with Crippen molar-refractivity contribution in [2.24, 2.45) is 5.73 Å². The summed E-state index contributed by atoms with van der Waals surface area (Å²) in [6, 6.07) is 5.56. The van der Waals surface area contributed by atoms with Crippen LogP contribution in [0.15, 0.2) is 18.2 Å². The van der Waals surface area contributed by atoms with E-state index < -0.39 is 0 Å². The monoisotopic (exact) mass is 165 g/mol. The van der Waals surface area contributed by atoms with Gasteiger partial charge in [0.1, 0.15) is 5.75 Å². The SMILES string of the molecule is Cc1cc(O)ccc1CC(C)N. The number of aryl methyl sites for hydroxylation is 1. The van der Waals surface area contributed by atoms with Gasteiger partial charge in [0, 0.05) is 6.04 Å². The van der Waals surface area contributed by atoms with Crippen molar-refractivity contribution in [3.63, 3.8) is 0 Å². The summed E-state index contributed by atoms with van der Waals surface area (Å²) in [5.74, 6) is 0.320. The standard InChI is InChI=1S/C10H15NO/c1-7-5-10(12)4-3-9(7)6-8(2)11/h3-5,8,12H,6,11H2,1-2H3. The fraction of sp³-hybridized carbons (Fsp3) is 0.400. The lowest BCUT2D eigenvalue weighted by Crippen LogP contribution is -2.18. The second kappa shape index (κ2) is 3.59. The Bertz CT molecular complexity index is 269. The van der Waals surface area contributed by atoms with Gasteiger partial charge in [0.25, 0.3) is 0 Å². The van der Waals surface area contributed by atoms with Crippen LogP contribution in [0.4, 0.5) is 0 Å². The molecule has 0 aromatic heterocycles. The number of phenols is 1. The Morgan fingerprint density at radius 1 is 1.50 bits per heavy atom. The highest BCUT2D eigenvalue weighted by Crippen LogP contribution is 2.16. The third-order valence-corrected chi connectivity index (χ3v) is 1.87. The molecule has 0 spiro atoms. The first kappa shape index (κ1) is 9.07. The molecular formula is C10H15NO. The lowest BCUT2D eigenvalue weighted by Gasteiger charge is -2.08. The Labute approximate surface area is 73.0 Å². The van der Waals surface area contributed by atoms with Crippen LogP contribution in [-0.2, 0) is 6.42 Å². The lowest BCUT2D eigenvalue weighted by molar-refractivity contribution is 0.474. The molecule has 1 unspecified atom stereocenters. The highest BCUT2D eigenvalue weighted by atomic mass is 16.3. The van der Waals surface area contributed by atoms with Crippen molar-refractivity contribution >= 4 is 0 Å². The van der Waals surface area contributed by atoms with E-state index in [-0.39, 0.29) is 6.04 Å². The Balaban J connectivity index is 2.86. The Morgan fingerprint density at radius 2 is 2.17 bits per heavy atom. The van der Waals surface area contributed by atoms with Crippen LogP contribution in [0.3, 0.4) is 0 Å². The zero-order valence-corrected chi connectivity index (χ0v) is 7.54. The maximum absolute atomic E-state index is 9.14. The van der Waals surface area contributed by atoms with E-state index in [2.05, 4.69) is 0 Å². The Kier molecular flexibility index (Phi) is 2.71. The molecule has 3 N–H and O–H groups in total. The van der Waals surface area contributed by atoms with Crippen molar-refractivity contribution < 1.29 is 5.11 Å². The van der Waals surface area contributed by atoms with Crippen molar-refractivity contribution in [1.29, 1.82) is 0 Å². The van der Waals surface area contributed by atoms with Gasteiger partial charge in [0.15, 0.2) is 0 Å². The first-order valence-electron chi connectivity index (χ1n) is 4.13. The summed E-state index contributed by atoms with van der Waals surface area (Å²) in [7, 11) is 0. The van der Waals surface area contributed by atoms with Crippen LogP contribution in [0, 0.1) is 6.92 Å². The zero-order valence-electron chi connectivity index (χ0n) is 7.54. The van der Waals surface area contributed by atoms with Crippen LogP contribution < -0.4 is 5.73 Å².